The molecule has 1 aromatic carbocycles. The Morgan fingerprint density at radius 1 is 1.36 bits per heavy atom. The minimum absolute atomic E-state index is 0.0147. The number of benzene rings is 1. The van der Waals surface area contributed by atoms with Gasteiger partial charge in [0.05, 0.1) is 10.7 Å². The van der Waals surface area contributed by atoms with Gasteiger partial charge in [-0.25, -0.2) is 0 Å². The number of nitro benzene ring substituents is 1. The van der Waals surface area contributed by atoms with Crippen molar-refractivity contribution in [2.24, 2.45) is 0 Å². The summed E-state index contributed by atoms with van der Waals surface area (Å²) >= 11 is 8.63. The number of carbonyl (C=O) groups is 1. The first kappa shape index (κ1) is 17.9. The number of aromatic nitrogens is 2. The summed E-state index contributed by atoms with van der Waals surface area (Å²) in [6, 6.07) is 4.65. The van der Waals surface area contributed by atoms with Gasteiger partial charge in [0.2, 0.25) is 5.91 Å². The summed E-state index contributed by atoms with van der Waals surface area (Å²) in [4.78, 5) is 26.8. The van der Waals surface area contributed by atoms with E-state index in [4.69, 9.17) is 11.6 Å². The van der Waals surface area contributed by atoms with Crippen LogP contribution in [0.25, 0.3) is 0 Å². The number of carbonyl (C=O) groups excluding carboxylic acids is 1. The molecule has 1 fully saturated rings. The lowest BCUT2D eigenvalue weighted by Crippen LogP contribution is -2.49. The van der Waals surface area contributed by atoms with Crippen LogP contribution < -0.4 is 4.90 Å². The van der Waals surface area contributed by atoms with E-state index in [2.05, 4.69) is 10.2 Å². The molecule has 1 aromatic heterocycles. The van der Waals surface area contributed by atoms with Gasteiger partial charge in [-0.1, -0.05) is 34.7 Å². The number of anilines is 1. The Kier molecular flexibility index (Phi) is 5.71. The van der Waals surface area contributed by atoms with Crippen LogP contribution in [-0.2, 0) is 4.79 Å². The molecular weight excluding hydrogens is 386 g/mol. The number of thioether (sulfide) groups is 1. The van der Waals surface area contributed by atoms with E-state index in [1.807, 2.05) is 4.90 Å². The quantitative estimate of drug-likeness (QED) is 0.433. The second kappa shape index (κ2) is 7.98. The number of halogens is 1. The first-order valence-electron chi connectivity index (χ1n) is 7.40. The van der Waals surface area contributed by atoms with E-state index in [0.29, 0.717) is 42.6 Å². The fourth-order valence-corrected chi connectivity index (χ4v) is 4.11. The van der Waals surface area contributed by atoms with Crippen molar-refractivity contribution in [2.75, 3.05) is 36.8 Å². The van der Waals surface area contributed by atoms with Gasteiger partial charge >= 0.3 is 0 Å². The number of hydrogen-bond acceptors (Lipinski definition) is 8. The van der Waals surface area contributed by atoms with Crippen LogP contribution in [0, 0.1) is 10.1 Å². The summed E-state index contributed by atoms with van der Waals surface area (Å²) in [6.07, 6.45) is 0. The highest BCUT2D eigenvalue weighted by Crippen LogP contribution is 2.31. The average Bonchev–Trinajstić information content (AvgIpc) is 3.13. The number of amides is 1. The van der Waals surface area contributed by atoms with Gasteiger partial charge < -0.3 is 9.80 Å². The van der Waals surface area contributed by atoms with Gasteiger partial charge in [-0.15, -0.1) is 10.2 Å². The number of nitrogens with zero attached hydrogens (tertiary/aromatic N) is 5. The zero-order valence-electron chi connectivity index (χ0n) is 13.0. The van der Waals surface area contributed by atoms with E-state index in [1.54, 1.807) is 22.5 Å². The summed E-state index contributed by atoms with van der Waals surface area (Å²) in [5.41, 5.74) is 2.15. The number of rotatable bonds is 5. The zero-order valence-corrected chi connectivity index (χ0v) is 15.4. The smallest absolute Gasteiger partial charge is 0.294 e. The lowest BCUT2D eigenvalue weighted by Gasteiger charge is -2.35. The van der Waals surface area contributed by atoms with Crippen molar-refractivity contribution in [2.45, 2.75) is 4.34 Å². The first-order chi connectivity index (χ1) is 12.0. The molecule has 0 bridgehead atoms. The van der Waals surface area contributed by atoms with Gasteiger partial charge in [-0.3, -0.25) is 14.9 Å². The average molecular weight is 400 g/mol. The van der Waals surface area contributed by atoms with Crippen LogP contribution >= 0.6 is 34.7 Å². The van der Waals surface area contributed by atoms with E-state index >= 15 is 0 Å². The van der Waals surface area contributed by atoms with E-state index in [9.17, 15) is 14.9 Å². The lowest BCUT2D eigenvalue weighted by atomic mass is 10.2. The van der Waals surface area contributed by atoms with Gasteiger partial charge in [0.25, 0.3) is 5.69 Å². The molecule has 2 aromatic rings. The summed E-state index contributed by atoms with van der Waals surface area (Å²) < 4.78 is 0.767. The maximum absolute atomic E-state index is 12.3. The topological polar surface area (TPSA) is 92.5 Å². The molecule has 3 rings (SSSR count). The van der Waals surface area contributed by atoms with Crippen LogP contribution in [-0.4, -0.2) is 57.9 Å². The molecule has 2 heterocycles. The van der Waals surface area contributed by atoms with Gasteiger partial charge in [0.15, 0.2) is 4.34 Å². The van der Waals surface area contributed by atoms with Gasteiger partial charge in [0.1, 0.15) is 11.2 Å². The Labute approximate surface area is 156 Å². The third kappa shape index (κ3) is 4.39. The molecule has 132 valence electrons. The van der Waals surface area contributed by atoms with Crippen molar-refractivity contribution in [3.05, 3.63) is 38.8 Å². The summed E-state index contributed by atoms with van der Waals surface area (Å²) in [6.45, 7) is 2.12. The van der Waals surface area contributed by atoms with Crippen LogP contribution in [0.1, 0.15) is 0 Å². The van der Waals surface area contributed by atoms with Crippen LogP contribution in [0.3, 0.4) is 0 Å². The predicted molar refractivity (Wildman–Crippen MR) is 97.5 cm³/mol. The zero-order chi connectivity index (χ0) is 17.8. The fraction of sp³-hybridized carbons (Fsp3) is 0.357. The molecule has 0 saturated carbocycles. The SMILES string of the molecule is O=C(CSc1nncs1)N1CCN(c2ccc(Cl)cc2[N+](=O)[O-])CC1. The van der Waals surface area contributed by atoms with Crippen molar-refractivity contribution >= 4 is 52.0 Å². The molecule has 8 nitrogen and oxygen atoms in total. The maximum Gasteiger partial charge on any atom is 0.294 e. The number of piperazine rings is 1. The van der Waals surface area contributed by atoms with E-state index < -0.39 is 4.92 Å². The molecule has 0 N–H and O–H groups in total. The molecule has 1 aliphatic rings. The van der Waals surface area contributed by atoms with Crippen molar-refractivity contribution in [1.29, 1.82) is 0 Å². The minimum Gasteiger partial charge on any atom is -0.362 e. The van der Waals surface area contributed by atoms with Gasteiger partial charge in [-0.2, -0.15) is 0 Å². The van der Waals surface area contributed by atoms with Gasteiger partial charge in [-0.05, 0) is 12.1 Å². The Balaban J connectivity index is 1.58. The standard InChI is InChI=1S/C14H14ClN5O3S2/c15-10-1-2-11(12(7-10)20(22)23)18-3-5-19(6-4-18)13(21)8-24-14-17-16-9-25-14/h1-2,7,9H,3-6,8H2. The minimum atomic E-state index is -0.433. The molecule has 0 unspecified atom stereocenters. The molecule has 0 aliphatic carbocycles. The van der Waals surface area contributed by atoms with Gasteiger partial charge in [0, 0.05) is 37.3 Å². The van der Waals surface area contributed by atoms with Crippen molar-refractivity contribution in [3.8, 4) is 0 Å². The lowest BCUT2D eigenvalue weighted by molar-refractivity contribution is -0.384. The Morgan fingerprint density at radius 3 is 2.76 bits per heavy atom. The molecule has 0 spiro atoms. The maximum atomic E-state index is 12.3. The van der Waals surface area contributed by atoms with Crippen LogP contribution in [0.4, 0.5) is 11.4 Å². The Bertz CT molecular complexity index is 766. The van der Waals surface area contributed by atoms with Crippen LogP contribution in [0.5, 0.6) is 0 Å². The fourth-order valence-electron chi connectivity index (χ4n) is 2.55. The molecule has 0 radical (unpaired) electrons. The molecule has 1 saturated heterocycles. The van der Waals surface area contributed by atoms with Crippen molar-refractivity contribution < 1.29 is 9.72 Å². The summed E-state index contributed by atoms with van der Waals surface area (Å²) in [7, 11) is 0. The highest BCUT2D eigenvalue weighted by Gasteiger charge is 2.26. The summed E-state index contributed by atoms with van der Waals surface area (Å²) in [5.74, 6) is 0.349. The summed E-state index contributed by atoms with van der Waals surface area (Å²) in [5, 5.41) is 19.2. The molecule has 1 amide bonds. The number of nitro groups is 1. The monoisotopic (exact) mass is 399 g/mol. The Hall–Kier alpha value is -1.91. The van der Waals surface area contributed by atoms with Crippen molar-refractivity contribution in [1.82, 2.24) is 15.1 Å². The van der Waals surface area contributed by atoms with E-state index in [-0.39, 0.29) is 11.6 Å². The second-order valence-electron chi connectivity index (χ2n) is 5.25. The molecule has 11 heteroatoms. The predicted octanol–water partition coefficient (Wildman–Crippen LogP) is 2.54. The first-order valence-corrected chi connectivity index (χ1v) is 9.64. The van der Waals surface area contributed by atoms with E-state index in [1.165, 1.54) is 29.2 Å². The number of hydrogen-bond donors (Lipinski definition) is 0. The van der Waals surface area contributed by atoms with E-state index in [0.717, 1.165) is 4.34 Å². The third-order valence-electron chi connectivity index (χ3n) is 3.77. The molecule has 25 heavy (non-hydrogen) atoms. The highest BCUT2D eigenvalue weighted by molar-refractivity contribution is 8.01. The third-order valence-corrected chi connectivity index (χ3v) is 5.85. The Morgan fingerprint density at radius 2 is 2.12 bits per heavy atom. The second-order valence-corrected chi connectivity index (χ2v) is 7.74. The molecule has 0 atom stereocenters. The normalized spacial score (nSPS) is 14.6. The van der Waals surface area contributed by atoms with Crippen molar-refractivity contribution in [3.63, 3.8) is 0 Å². The largest absolute Gasteiger partial charge is 0.362 e. The van der Waals surface area contributed by atoms with Crippen LogP contribution in [0.15, 0.2) is 28.0 Å². The highest BCUT2D eigenvalue weighted by atomic mass is 35.5. The molecule has 1 aliphatic heterocycles. The van der Waals surface area contributed by atoms with Crippen LogP contribution in [0.2, 0.25) is 5.02 Å². The molecular formula is C14H14ClN5O3S2.